The van der Waals surface area contributed by atoms with Gasteiger partial charge in [0.2, 0.25) is 0 Å². The van der Waals surface area contributed by atoms with Crippen LogP contribution in [0.4, 0.5) is 22.7 Å². The fourth-order valence-electron chi connectivity index (χ4n) is 13.3. The number of nitrogens with zero attached hydrogens (tertiary/aromatic N) is 14. The first-order valence-electron chi connectivity index (χ1n) is 42.6. The van der Waals surface area contributed by atoms with Crippen molar-refractivity contribution in [2.45, 2.75) is 172 Å². The second kappa shape index (κ2) is 72.1. The first-order chi connectivity index (χ1) is 62.7. The second-order valence-corrected chi connectivity index (χ2v) is 34.3. The number of halogens is 2. The molecule has 29 nitrogen and oxygen atoms in total. The number of carbonyl (C=O) groups excluding carboxylic acids is 14. The Morgan fingerprint density at radius 2 is 0.695 bits per heavy atom. The Bertz CT molecular complexity index is 4440. The van der Waals surface area contributed by atoms with Crippen molar-refractivity contribution in [1.29, 1.82) is 0 Å². The molecule has 0 bridgehead atoms. The van der Waals surface area contributed by atoms with E-state index in [0.29, 0.717) is 208 Å². The molecular weight excluding hydrogens is 1710 g/mol. The largest absolute Gasteiger partial charge is 0.457 e. The summed E-state index contributed by atoms with van der Waals surface area (Å²) in [4.78, 5) is 199. The fraction of sp³-hybridized carbons (Fsp3) is 0.420. The molecule has 1 aliphatic rings. The minimum atomic E-state index is -0.485. The first kappa shape index (κ1) is 118. The molecule has 0 N–H and O–H groups in total. The number of aldehydes is 14. The van der Waals surface area contributed by atoms with Crippen molar-refractivity contribution >= 4 is 221 Å². The van der Waals surface area contributed by atoms with Crippen molar-refractivity contribution in [3.8, 4) is 11.5 Å². The number of hydrogen-bond donors (Lipinski definition) is 0. The summed E-state index contributed by atoms with van der Waals surface area (Å²) in [6.07, 6.45) is 38.4. The summed E-state index contributed by atoms with van der Waals surface area (Å²) >= 11 is 12.3. The van der Waals surface area contributed by atoms with Crippen molar-refractivity contribution in [1.82, 2.24) is 0 Å². The Morgan fingerprint density at radius 1 is 0.359 bits per heavy atom. The summed E-state index contributed by atoms with van der Waals surface area (Å²) < 4.78 is 5.65. The van der Waals surface area contributed by atoms with Crippen molar-refractivity contribution in [2.75, 3.05) is 52.4 Å². The van der Waals surface area contributed by atoms with Gasteiger partial charge < -0.3 is 4.74 Å². The highest BCUT2D eigenvalue weighted by atomic mass is 35.5. The monoisotopic (exact) mass is 1830 g/mol. The van der Waals surface area contributed by atoms with Crippen LogP contribution in [0.5, 0.6) is 11.5 Å². The van der Waals surface area contributed by atoms with Crippen LogP contribution in [-0.4, -0.2) is 227 Å². The highest BCUT2D eigenvalue weighted by Gasteiger charge is 2.26. The Balaban J connectivity index is 0.00000151. The third-order valence-corrected chi connectivity index (χ3v) is 19.8. The summed E-state index contributed by atoms with van der Waals surface area (Å²) in [6.45, 7) is 32.7. The van der Waals surface area contributed by atoms with Crippen LogP contribution in [0.25, 0.3) is 0 Å². The lowest BCUT2D eigenvalue weighted by atomic mass is 9.80. The Kier molecular flexibility index (Phi) is 65.1. The van der Waals surface area contributed by atoms with Gasteiger partial charge in [-0.2, -0.15) is 0 Å². The predicted octanol–water partition coefficient (Wildman–Crippen LogP) is 17.6. The minimum Gasteiger partial charge on any atom is -0.457 e. The normalized spacial score (nSPS) is 14.5. The van der Waals surface area contributed by atoms with Gasteiger partial charge in [0.15, 0.2) is 88.0 Å². The molecule has 131 heavy (non-hydrogen) atoms. The Morgan fingerprint density at radius 3 is 1.06 bits per heavy atom. The summed E-state index contributed by atoms with van der Waals surface area (Å²) in [5, 5.41) is 0.942. The van der Waals surface area contributed by atoms with Crippen molar-refractivity contribution in [3.63, 3.8) is 0 Å². The standard InChI is InChI=1S/C17H12Cl2N2O2.C16H12N2O3.C16H20N2O2.3C13H22N2O2.C12H18N2O2/c18-14-10-12(1-3-16(14)20-5-7-22)9-13-2-4-17(15(19)11-13)21-6-8-23;19-11-9-17-13-1-5-15(6-2-13)21-16-7-3-14(4-8-16)18-10-12-20;1-15(2,17-8-10-19)13-6-5-7-14(12-13)16(3,4)18-9-11-20;1-12(11-15-7-9-17)10-13(2,3)4-5-14-6-8-16;2*1-12(4-5-14-6-8-16)10-13(2,3)11-15-7-9-17;15-6-4-13-9-11-2-1-3-12(8-11)10-14-5-7-16/h1-8,10-11H,9H2;1-12H;5-12H,1-4H3;3*6-9,12H,4-5,10-11H2,1-3H3;4-7,11-12H,1-3,8-10H2. The van der Waals surface area contributed by atoms with E-state index >= 15 is 0 Å². The van der Waals surface area contributed by atoms with Gasteiger partial charge in [-0.05, 0) is 233 Å². The lowest BCUT2D eigenvalue weighted by Crippen LogP contribution is -2.20. The van der Waals surface area contributed by atoms with Gasteiger partial charge in [-0.1, -0.05) is 128 Å². The van der Waals surface area contributed by atoms with Gasteiger partial charge in [0.1, 0.15) is 11.5 Å². The van der Waals surface area contributed by atoms with Gasteiger partial charge in [-0.15, -0.1) is 0 Å². The summed E-state index contributed by atoms with van der Waals surface area (Å²) in [6, 6.07) is 32.8. The van der Waals surface area contributed by atoms with E-state index in [-0.39, 0.29) is 16.2 Å². The van der Waals surface area contributed by atoms with Crippen molar-refractivity contribution < 1.29 is 71.9 Å². The van der Waals surface area contributed by atoms with Crippen LogP contribution in [0.15, 0.2) is 179 Å². The maximum absolute atomic E-state index is 10.4. The maximum atomic E-state index is 10.4. The van der Waals surface area contributed by atoms with E-state index in [4.69, 9.17) is 27.9 Å². The Hall–Kier alpha value is -12.8. The number of rotatable bonds is 51. The summed E-state index contributed by atoms with van der Waals surface area (Å²) in [5.41, 5.74) is 5.77. The van der Waals surface area contributed by atoms with Gasteiger partial charge in [0.05, 0.1) is 131 Å². The maximum Gasteiger partial charge on any atom is 0.161 e. The lowest BCUT2D eigenvalue weighted by molar-refractivity contribution is -0.103. The van der Waals surface area contributed by atoms with E-state index in [1.165, 1.54) is 93.8 Å². The van der Waals surface area contributed by atoms with E-state index < -0.39 is 11.1 Å². The van der Waals surface area contributed by atoms with E-state index in [9.17, 15) is 67.1 Å². The molecule has 1 saturated carbocycles. The average molecular weight is 1840 g/mol. The van der Waals surface area contributed by atoms with Crippen LogP contribution in [0.2, 0.25) is 10.0 Å². The number of ether oxygens (including phenoxy) is 1. The molecule has 5 aromatic rings. The van der Waals surface area contributed by atoms with Crippen LogP contribution in [0.1, 0.15) is 176 Å². The molecule has 6 rings (SSSR count). The molecular formula is C100H128Cl2N14O15. The molecule has 0 saturated heterocycles. The molecule has 0 heterocycles. The molecule has 0 amide bonds. The first-order valence-corrected chi connectivity index (χ1v) is 43.4. The zero-order valence-corrected chi connectivity index (χ0v) is 79.0. The molecule has 0 aliphatic heterocycles. The van der Waals surface area contributed by atoms with Crippen LogP contribution in [0.3, 0.4) is 0 Å². The molecule has 5 unspecified atom stereocenters. The SMILES string of the molecule is CC(C)(N=CC=O)c1cccc(C(C)(C)N=CC=O)c1.CC(CCN=CC=O)CC(C)(C)CN=CC=O.CC(CCN=CC=O)CC(C)(C)CN=CC=O.CC(CN=CC=O)CC(C)(C)CCN=CC=O.O=CC=NCC1CCCC(CN=CC=O)C1.O=CC=Nc1ccc(Cc2ccc(N=CC=O)c(Cl)c2)cc1Cl.O=CC=Nc1ccc(Oc2ccc(N=CC=O)cc2)cc1. The topological polar surface area (TPSA) is 421 Å². The van der Waals surface area contributed by atoms with Crippen LogP contribution in [0, 0.1) is 45.8 Å². The van der Waals surface area contributed by atoms with E-state index in [0.717, 1.165) is 92.7 Å². The average Bonchev–Trinajstić information content (AvgIpc) is 0.809. The molecule has 1 fully saturated rings. The smallest absolute Gasteiger partial charge is 0.161 e. The highest BCUT2D eigenvalue weighted by Crippen LogP contribution is 2.36. The van der Waals surface area contributed by atoms with Crippen LogP contribution in [-0.2, 0) is 84.6 Å². The number of hydrogen-bond acceptors (Lipinski definition) is 29. The third-order valence-electron chi connectivity index (χ3n) is 19.2. The third kappa shape index (κ3) is 60.6. The minimum absolute atomic E-state index is 0.0906. The second-order valence-electron chi connectivity index (χ2n) is 33.4. The van der Waals surface area contributed by atoms with Crippen LogP contribution >= 0.6 is 23.2 Å². The van der Waals surface area contributed by atoms with E-state index in [1.54, 1.807) is 72.8 Å². The molecule has 5 aromatic carbocycles. The molecule has 702 valence electrons. The molecule has 5 atom stereocenters. The van der Waals surface area contributed by atoms with Crippen LogP contribution < -0.4 is 4.74 Å². The fourth-order valence-corrected chi connectivity index (χ4v) is 13.8. The lowest BCUT2D eigenvalue weighted by Gasteiger charge is -2.26. The van der Waals surface area contributed by atoms with Gasteiger partial charge >= 0.3 is 0 Å². The quantitative estimate of drug-likeness (QED) is 0.0258. The van der Waals surface area contributed by atoms with Crippen molar-refractivity contribution in [2.24, 2.45) is 116 Å². The zero-order valence-electron chi connectivity index (χ0n) is 77.5. The van der Waals surface area contributed by atoms with E-state index in [2.05, 4.69) is 132 Å². The molecule has 0 radical (unpaired) electrons. The molecule has 0 spiro atoms. The Labute approximate surface area is 781 Å². The highest BCUT2D eigenvalue weighted by molar-refractivity contribution is 6.34. The summed E-state index contributed by atoms with van der Waals surface area (Å²) in [5.74, 6) is 3.95. The van der Waals surface area contributed by atoms with Gasteiger partial charge in [0.25, 0.3) is 0 Å². The zero-order chi connectivity index (χ0) is 97.9. The number of aliphatic imine (C=N–C) groups is 14. The molecule has 1 aliphatic carbocycles. The number of benzene rings is 5. The summed E-state index contributed by atoms with van der Waals surface area (Å²) in [7, 11) is 0. The molecule has 0 aromatic heterocycles. The predicted molar refractivity (Wildman–Crippen MR) is 535 cm³/mol. The van der Waals surface area contributed by atoms with Crippen molar-refractivity contribution in [3.05, 3.63) is 141 Å². The number of carbonyl (C=O) groups is 14. The van der Waals surface area contributed by atoms with Gasteiger partial charge in [-0.3, -0.25) is 137 Å². The van der Waals surface area contributed by atoms with Gasteiger partial charge in [-0.25, -0.2) is 0 Å². The van der Waals surface area contributed by atoms with E-state index in [1.807, 2.05) is 64.1 Å². The molecule has 31 heteroatoms. The van der Waals surface area contributed by atoms with Gasteiger partial charge in [0, 0.05) is 52.4 Å².